The van der Waals surface area contributed by atoms with Gasteiger partial charge in [0.05, 0.1) is 27.0 Å². The SMILES string of the molecule is CP1OCCn2c1nc(C(=O)NCc1ccc(F)cc1N1CCCC1=O)c(OCc1ccccc1)c2=O. The number of benzene rings is 2. The molecule has 1 atom stereocenters. The molecular formula is C26H26FN4O5P. The van der Waals surface area contributed by atoms with Gasteiger partial charge in [-0.1, -0.05) is 36.4 Å². The van der Waals surface area contributed by atoms with E-state index in [-0.39, 0.29) is 30.5 Å². The van der Waals surface area contributed by atoms with Crippen LogP contribution in [0.3, 0.4) is 0 Å². The third-order valence-electron chi connectivity index (χ3n) is 6.28. The summed E-state index contributed by atoms with van der Waals surface area (Å²) in [7, 11) is -1.17. The van der Waals surface area contributed by atoms with Crippen molar-refractivity contribution < 1.29 is 23.2 Å². The molecule has 2 aliphatic rings. The third-order valence-corrected chi connectivity index (χ3v) is 7.76. The molecule has 3 heterocycles. The van der Waals surface area contributed by atoms with Crippen molar-refractivity contribution in [1.82, 2.24) is 14.9 Å². The standard InChI is InChI=1S/C26H26FN4O5P/c1-37-26-29-22(23(25(34)31(26)12-13-36-37)35-16-17-6-3-2-4-7-17)24(33)28-15-18-9-10-19(27)14-20(18)30-11-5-8-21(30)32/h2-4,6-7,9-10,14H,5,8,11-13,15-16H2,1H3,(H,28,33). The van der Waals surface area contributed by atoms with Gasteiger partial charge in [0.1, 0.15) is 12.4 Å². The molecule has 1 N–H and O–H groups in total. The van der Waals surface area contributed by atoms with Gasteiger partial charge in [0, 0.05) is 19.5 Å². The fourth-order valence-electron chi connectivity index (χ4n) is 4.41. The van der Waals surface area contributed by atoms with Crippen LogP contribution in [0.2, 0.25) is 0 Å². The van der Waals surface area contributed by atoms with Crippen molar-refractivity contribution >= 4 is 31.2 Å². The molecule has 0 saturated carbocycles. The Morgan fingerprint density at radius 2 is 2.00 bits per heavy atom. The smallest absolute Gasteiger partial charge is 0.297 e. The van der Waals surface area contributed by atoms with Crippen LogP contribution in [-0.4, -0.2) is 41.2 Å². The predicted molar refractivity (Wildman–Crippen MR) is 137 cm³/mol. The minimum Gasteiger partial charge on any atom is -0.481 e. The molecule has 1 aromatic heterocycles. The van der Waals surface area contributed by atoms with Gasteiger partial charge in [-0.25, -0.2) is 9.37 Å². The van der Waals surface area contributed by atoms with Gasteiger partial charge in [-0.2, -0.15) is 0 Å². The van der Waals surface area contributed by atoms with Gasteiger partial charge >= 0.3 is 0 Å². The Morgan fingerprint density at radius 3 is 2.76 bits per heavy atom. The van der Waals surface area contributed by atoms with E-state index in [2.05, 4.69) is 10.3 Å². The Morgan fingerprint density at radius 1 is 1.19 bits per heavy atom. The molecule has 1 fully saturated rings. The average molecular weight is 524 g/mol. The summed E-state index contributed by atoms with van der Waals surface area (Å²) in [4.78, 5) is 45.1. The molecule has 0 aliphatic carbocycles. The van der Waals surface area contributed by atoms with Crippen molar-refractivity contribution in [2.24, 2.45) is 0 Å². The van der Waals surface area contributed by atoms with Gasteiger partial charge in [0.25, 0.3) is 11.5 Å². The average Bonchev–Trinajstić information content (AvgIpc) is 3.33. The molecule has 0 spiro atoms. The summed E-state index contributed by atoms with van der Waals surface area (Å²) in [5.41, 5.74) is 1.68. The number of rotatable bonds is 7. The van der Waals surface area contributed by atoms with Crippen LogP contribution in [0.5, 0.6) is 5.75 Å². The molecule has 0 bridgehead atoms. The molecule has 2 aliphatic heterocycles. The number of anilines is 1. The van der Waals surface area contributed by atoms with Gasteiger partial charge in [0.2, 0.25) is 11.7 Å². The fraction of sp³-hybridized carbons (Fsp3) is 0.308. The van der Waals surface area contributed by atoms with E-state index in [0.29, 0.717) is 49.4 Å². The molecular weight excluding hydrogens is 498 g/mol. The Labute approximate surface area is 214 Å². The van der Waals surface area contributed by atoms with Gasteiger partial charge in [-0.3, -0.25) is 19.0 Å². The van der Waals surface area contributed by atoms with Crippen LogP contribution in [0.4, 0.5) is 10.1 Å². The van der Waals surface area contributed by atoms with Crippen LogP contribution in [0.1, 0.15) is 34.5 Å². The number of halogens is 1. The van der Waals surface area contributed by atoms with Crippen molar-refractivity contribution in [2.45, 2.75) is 32.5 Å². The molecule has 5 rings (SSSR count). The molecule has 1 unspecified atom stereocenters. The molecule has 37 heavy (non-hydrogen) atoms. The molecule has 192 valence electrons. The highest BCUT2D eigenvalue weighted by Crippen LogP contribution is 2.33. The molecule has 1 saturated heterocycles. The highest BCUT2D eigenvalue weighted by molar-refractivity contribution is 7.59. The van der Waals surface area contributed by atoms with Crippen molar-refractivity contribution in [3.8, 4) is 5.75 Å². The Bertz CT molecular complexity index is 1400. The second kappa shape index (κ2) is 10.8. The summed E-state index contributed by atoms with van der Waals surface area (Å²) in [6.07, 6.45) is 1.09. The van der Waals surface area contributed by atoms with E-state index in [0.717, 1.165) is 5.56 Å². The van der Waals surface area contributed by atoms with E-state index in [4.69, 9.17) is 9.26 Å². The van der Waals surface area contributed by atoms with E-state index in [1.807, 2.05) is 37.0 Å². The van der Waals surface area contributed by atoms with E-state index in [9.17, 15) is 18.8 Å². The zero-order valence-corrected chi connectivity index (χ0v) is 21.2. The van der Waals surface area contributed by atoms with Crippen LogP contribution in [0, 0.1) is 5.82 Å². The third kappa shape index (κ3) is 5.26. The highest BCUT2D eigenvalue weighted by Gasteiger charge is 2.29. The Kier molecular flexibility index (Phi) is 7.30. The second-order valence-corrected chi connectivity index (χ2v) is 10.4. The number of hydrogen-bond acceptors (Lipinski definition) is 6. The molecule has 0 radical (unpaired) electrons. The summed E-state index contributed by atoms with van der Waals surface area (Å²) >= 11 is 0. The van der Waals surface area contributed by atoms with E-state index >= 15 is 0 Å². The first-order valence-electron chi connectivity index (χ1n) is 12.0. The summed E-state index contributed by atoms with van der Waals surface area (Å²) in [5.74, 6) is -1.30. The van der Waals surface area contributed by atoms with Crippen molar-refractivity contribution in [1.29, 1.82) is 0 Å². The van der Waals surface area contributed by atoms with Crippen LogP contribution in [-0.2, 0) is 29.0 Å². The summed E-state index contributed by atoms with van der Waals surface area (Å²) in [5, 5.41) is 2.78. The van der Waals surface area contributed by atoms with E-state index < -0.39 is 25.4 Å². The number of ether oxygens (including phenoxy) is 1. The highest BCUT2D eigenvalue weighted by atomic mass is 31.1. The van der Waals surface area contributed by atoms with Crippen LogP contribution >= 0.6 is 8.15 Å². The maximum absolute atomic E-state index is 14.0. The minimum absolute atomic E-state index is 0.00777. The monoisotopic (exact) mass is 524 g/mol. The zero-order chi connectivity index (χ0) is 25.9. The van der Waals surface area contributed by atoms with Crippen LogP contribution in [0.15, 0.2) is 53.3 Å². The number of carbonyl (C=O) groups is 2. The van der Waals surface area contributed by atoms with Crippen LogP contribution < -0.4 is 26.1 Å². The van der Waals surface area contributed by atoms with E-state index in [1.54, 1.807) is 0 Å². The van der Waals surface area contributed by atoms with Gasteiger partial charge in [0.15, 0.2) is 11.3 Å². The van der Waals surface area contributed by atoms with Gasteiger partial charge in [-0.05, 0) is 36.3 Å². The molecule has 9 nitrogen and oxygen atoms in total. The number of aromatic nitrogens is 2. The lowest BCUT2D eigenvalue weighted by molar-refractivity contribution is -0.117. The minimum atomic E-state index is -1.17. The number of fused-ring (bicyclic) bond motifs is 1. The van der Waals surface area contributed by atoms with Crippen molar-refractivity contribution in [3.63, 3.8) is 0 Å². The first kappa shape index (κ1) is 25.0. The summed E-state index contributed by atoms with van der Waals surface area (Å²) in [6.45, 7) is 3.12. The van der Waals surface area contributed by atoms with Gasteiger partial charge in [-0.15, -0.1) is 0 Å². The predicted octanol–water partition coefficient (Wildman–Crippen LogP) is 2.70. The van der Waals surface area contributed by atoms with Crippen LogP contribution in [0.25, 0.3) is 0 Å². The summed E-state index contributed by atoms with van der Waals surface area (Å²) in [6, 6.07) is 13.4. The Balaban J connectivity index is 1.44. The number of nitrogens with zero attached hydrogens (tertiary/aromatic N) is 3. The maximum Gasteiger partial charge on any atom is 0.297 e. The van der Waals surface area contributed by atoms with Gasteiger partial charge < -0.3 is 19.5 Å². The number of hydrogen-bond donors (Lipinski definition) is 1. The van der Waals surface area contributed by atoms with Crippen molar-refractivity contribution in [3.05, 3.63) is 81.5 Å². The lowest BCUT2D eigenvalue weighted by atomic mass is 10.1. The second-order valence-electron chi connectivity index (χ2n) is 8.76. The van der Waals surface area contributed by atoms with E-state index in [1.165, 1.54) is 27.7 Å². The number of nitrogens with one attached hydrogen (secondary N) is 1. The molecule has 3 aromatic rings. The maximum atomic E-state index is 14.0. The molecule has 2 amide bonds. The summed E-state index contributed by atoms with van der Waals surface area (Å²) < 4.78 is 27.1. The first-order chi connectivity index (χ1) is 17.9. The molecule has 2 aromatic carbocycles. The number of carbonyl (C=O) groups excluding carboxylic acids is 2. The first-order valence-corrected chi connectivity index (χ1v) is 13.7. The Hall–Kier alpha value is -3.62. The molecule has 11 heteroatoms. The lowest BCUT2D eigenvalue weighted by Gasteiger charge is -2.25. The zero-order valence-electron chi connectivity index (χ0n) is 20.3. The fourth-order valence-corrected chi connectivity index (χ4v) is 5.65. The normalized spacial score (nSPS) is 17.0. The van der Waals surface area contributed by atoms with Crippen molar-refractivity contribution in [2.75, 3.05) is 24.7 Å². The number of amides is 2. The quantitative estimate of drug-likeness (QED) is 0.477. The topological polar surface area (TPSA) is 103 Å². The lowest BCUT2D eigenvalue weighted by Crippen LogP contribution is -2.42. The largest absolute Gasteiger partial charge is 0.481 e.